The molecule has 0 unspecified atom stereocenters. The lowest BCUT2D eigenvalue weighted by Crippen LogP contribution is -1.93. The van der Waals surface area contributed by atoms with Crippen molar-refractivity contribution in [3.05, 3.63) is 88.9 Å². The van der Waals surface area contributed by atoms with Gasteiger partial charge in [-0.15, -0.1) is 22.7 Å². The topological polar surface area (TPSA) is 54.5 Å². The lowest BCUT2D eigenvalue weighted by molar-refractivity contribution is 0.885. The molecule has 138 valence electrons. The number of thiazole rings is 1. The van der Waals surface area contributed by atoms with Crippen LogP contribution in [0, 0.1) is 11.3 Å². The Balaban J connectivity index is 1.65. The van der Waals surface area contributed by atoms with E-state index in [1.54, 1.807) is 11.3 Å². The number of para-hydroxylation sites is 2. The summed E-state index contributed by atoms with van der Waals surface area (Å²) in [4.78, 5) is 5.70. The number of benzene rings is 2. The van der Waals surface area contributed by atoms with Crippen LogP contribution in [0.3, 0.4) is 0 Å². The van der Waals surface area contributed by atoms with Crippen molar-refractivity contribution in [2.75, 3.05) is 0 Å². The SMILES string of the molecule is N#CC(=Cc1cn(-c2ccccc2)nc1-c1cccs1)c1nc2ccccc2s1. The zero-order valence-corrected chi connectivity index (χ0v) is 16.8. The first-order valence-corrected chi connectivity index (χ1v) is 10.7. The number of nitrogens with zero attached hydrogens (tertiary/aromatic N) is 4. The van der Waals surface area contributed by atoms with Crippen LogP contribution in [0.25, 0.3) is 38.1 Å². The summed E-state index contributed by atoms with van der Waals surface area (Å²) >= 11 is 3.16. The van der Waals surface area contributed by atoms with Gasteiger partial charge in [0.2, 0.25) is 0 Å². The number of allylic oxidation sites excluding steroid dienone is 1. The Morgan fingerprint density at radius 1 is 1.00 bits per heavy atom. The molecular formula is C23H14N4S2. The van der Waals surface area contributed by atoms with Crippen LogP contribution in [-0.4, -0.2) is 14.8 Å². The van der Waals surface area contributed by atoms with E-state index in [-0.39, 0.29) is 0 Å². The molecule has 6 heteroatoms. The van der Waals surface area contributed by atoms with Crippen LogP contribution in [0.4, 0.5) is 0 Å². The summed E-state index contributed by atoms with van der Waals surface area (Å²) in [5, 5.41) is 17.4. The van der Waals surface area contributed by atoms with E-state index in [4.69, 9.17) is 5.10 Å². The third-order valence-corrected chi connectivity index (χ3v) is 6.41. The molecule has 0 N–H and O–H groups in total. The van der Waals surface area contributed by atoms with E-state index >= 15 is 0 Å². The molecule has 0 spiro atoms. The van der Waals surface area contributed by atoms with Crippen molar-refractivity contribution < 1.29 is 0 Å². The average Bonchev–Trinajstić information content (AvgIpc) is 3.51. The van der Waals surface area contributed by atoms with Crippen LogP contribution >= 0.6 is 22.7 Å². The summed E-state index contributed by atoms with van der Waals surface area (Å²) in [7, 11) is 0. The molecule has 5 aromatic rings. The van der Waals surface area contributed by atoms with E-state index in [1.165, 1.54) is 11.3 Å². The third-order valence-electron chi connectivity index (χ3n) is 4.46. The summed E-state index contributed by atoms with van der Waals surface area (Å²) in [5.41, 5.74) is 4.18. The van der Waals surface area contributed by atoms with Crippen LogP contribution in [-0.2, 0) is 0 Å². The Hall–Kier alpha value is -3.53. The van der Waals surface area contributed by atoms with Crippen LogP contribution in [0.2, 0.25) is 0 Å². The first-order chi connectivity index (χ1) is 14.3. The largest absolute Gasteiger partial charge is 0.240 e. The fourth-order valence-corrected chi connectivity index (χ4v) is 4.76. The second-order valence-corrected chi connectivity index (χ2v) is 8.33. The highest BCUT2D eigenvalue weighted by Gasteiger charge is 2.15. The minimum absolute atomic E-state index is 0.539. The van der Waals surface area contributed by atoms with Crippen LogP contribution in [0.5, 0.6) is 0 Å². The standard InChI is InChI=1S/C23H14N4S2/c24-14-16(23-25-19-9-4-5-10-20(19)29-23)13-17-15-27(18-7-2-1-3-8-18)26-22(17)21-11-6-12-28-21/h1-13,15H. The van der Waals surface area contributed by atoms with Gasteiger partial charge in [0, 0.05) is 11.8 Å². The zero-order chi connectivity index (χ0) is 19.6. The Morgan fingerprint density at radius 3 is 2.59 bits per heavy atom. The maximum Gasteiger partial charge on any atom is 0.135 e. The number of hydrogen-bond acceptors (Lipinski definition) is 5. The van der Waals surface area contributed by atoms with Gasteiger partial charge in [-0.3, -0.25) is 0 Å². The van der Waals surface area contributed by atoms with Crippen molar-refractivity contribution in [1.29, 1.82) is 5.26 Å². The molecule has 0 bridgehead atoms. The molecule has 29 heavy (non-hydrogen) atoms. The molecule has 3 heterocycles. The van der Waals surface area contributed by atoms with Crippen molar-refractivity contribution in [3.63, 3.8) is 0 Å². The number of nitriles is 1. The molecule has 4 nitrogen and oxygen atoms in total. The van der Waals surface area contributed by atoms with Crippen LogP contribution in [0.15, 0.2) is 78.3 Å². The highest BCUT2D eigenvalue weighted by Crippen LogP contribution is 2.32. The quantitative estimate of drug-likeness (QED) is 0.328. The molecule has 0 amide bonds. The number of fused-ring (bicyclic) bond motifs is 1. The first kappa shape index (κ1) is 17.6. The summed E-state index contributed by atoms with van der Waals surface area (Å²) in [5.74, 6) is 0. The van der Waals surface area contributed by atoms with E-state index in [2.05, 4.69) is 11.1 Å². The molecule has 0 radical (unpaired) electrons. The van der Waals surface area contributed by atoms with Crippen molar-refractivity contribution in [1.82, 2.24) is 14.8 Å². The summed E-state index contributed by atoms with van der Waals surface area (Å²) in [6.07, 6.45) is 3.86. The van der Waals surface area contributed by atoms with Gasteiger partial charge >= 0.3 is 0 Å². The maximum atomic E-state index is 9.83. The second kappa shape index (κ2) is 7.47. The van der Waals surface area contributed by atoms with Gasteiger partial charge in [0.1, 0.15) is 16.8 Å². The Kier molecular flexibility index (Phi) is 4.53. The van der Waals surface area contributed by atoms with Crippen LogP contribution < -0.4 is 0 Å². The molecule has 2 aromatic carbocycles. The lowest BCUT2D eigenvalue weighted by atomic mass is 10.1. The fourth-order valence-electron chi connectivity index (χ4n) is 3.10. The average molecular weight is 411 g/mol. The van der Waals surface area contributed by atoms with Gasteiger partial charge in [-0.1, -0.05) is 36.4 Å². The van der Waals surface area contributed by atoms with Gasteiger partial charge in [-0.25, -0.2) is 9.67 Å². The maximum absolute atomic E-state index is 9.83. The van der Waals surface area contributed by atoms with Crippen molar-refractivity contribution in [3.8, 4) is 22.3 Å². The zero-order valence-electron chi connectivity index (χ0n) is 15.2. The molecule has 0 atom stereocenters. The van der Waals surface area contributed by atoms with Crippen molar-refractivity contribution in [2.45, 2.75) is 0 Å². The van der Waals surface area contributed by atoms with E-state index < -0.39 is 0 Å². The number of rotatable bonds is 4. The third kappa shape index (κ3) is 3.38. The molecule has 0 aliphatic carbocycles. The molecule has 5 rings (SSSR count). The van der Waals surface area contributed by atoms with Gasteiger partial charge in [0.05, 0.1) is 26.4 Å². The van der Waals surface area contributed by atoms with Gasteiger partial charge in [-0.2, -0.15) is 10.4 Å². The minimum Gasteiger partial charge on any atom is -0.240 e. The first-order valence-electron chi connectivity index (χ1n) is 8.98. The molecule has 0 saturated carbocycles. The van der Waals surface area contributed by atoms with Crippen LogP contribution in [0.1, 0.15) is 10.6 Å². The normalized spacial score (nSPS) is 11.6. The predicted molar refractivity (Wildman–Crippen MR) is 120 cm³/mol. The van der Waals surface area contributed by atoms with Gasteiger partial charge < -0.3 is 0 Å². The number of hydrogen-bond donors (Lipinski definition) is 0. The highest BCUT2D eigenvalue weighted by atomic mass is 32.1. The summed E-state index contributed by atoms with van der Waals surface area (Å²) in [6.45, 7) is 0. The van der Waals surface area contributed by atoms with Gasteiger partial charge in [-0.05, 0) is 41.8 Å². The van der Waals surface area contributed by atoms with Gasteiger partial charge in [0.15, 0.2) is 0 Å². The van der Waals surface area contributed by atoms with E-state index in [9.17, 15) is 5.26 Å². The molecular weight excluding hydrogens is 396 g/mol. The van der Waals surface area contributed by atoms with E-state index in [0.717, 1.165) is 37.0 Å². The smallest absolute Gasteiger partial charge is 0.135 e. The minimum atomic E-state index is 0.539. The predicted octanol–water partition coefficient (Wildman–Crippen LogP) is 6.27. The van der Waals surface area contributed by atoms with Gasteiger partial charge in [0.25, 0.3) is 0 Å². The van der Waals surface area contributed by atoms with Crippen molar-refractivity contribution >= 4 is 44.5 Å². The highest BCUT2D eigenvalue weighted by molar-refractivity contribution is 7.19. The van der Waals surface area contributed by atoms with E-state index in [0.29, 0.717) is 5.57 Å². The summed E-state index contributed by atoms with van der Waals surface area (Å²) < 4.78 is 2.93. The molecule has 3 aromatic heterocycles. The number of thiophene rings is 1. The van der Waals surface area contributed by atoms with E-state index in [1.807, 2.05) is 89.1 Å². The number of aromatic nitrogens is 3. The molecule has 0 fully saturated rings. The molecule has 0 aliphatic heterocycles. The lowest BCUT2D eigenvalue weighted by Gasteiger charge is -1.99. The molecule has 0 saturated heterocycles. The summed E-state index contributed by atoms with van der Waals surface area (Å²) in [6, 6.07) is 24.3. The molecule has 0 aliphatic rings. The Morgan fingerprint density at radius 2 is 1.83 bits per heavy atom. The van der Waals surface area contributed by atoms with Crippen molar-refractivity contribution in [2.24, 2.45) is 0 Å². The fraction of sp³-hybridized carbons (Fsp3) is 0. The Bertz CT molecular complexity index is 1320. The Labute approximate surface area is 175 Å². The second-order valence-electron chi connectivity index (χ2n) is 6.35. The monoisotopic (exact) mass is 410 g/mol.